The van der Waals surface area contributed by atoms with E-state index in [9.17, 15) is 0 Å². The van der Waals surface area contributed by atoms with Crippen LogP contribution in [0, 0.1) is 0 Å². The van der Waals surface area contributed by atoms with Gasteiger partial charge in [0.1, 0.15) is 11.5 Å². The summed E-state index contributed by atoms with van der Waals surface area (Å²) in [5.74, 6) is 1.01. The van der Waals surface area contributed by atoms with Gasteiger partial charge in [0.05, 0.1) is 0 Å². The van der Waals surface area contributed by atoms with E-state index in [1.54, 1.807) is 12.4 Å². The number of piperazine rings is 1. The van der Waals surface area contributed by atoms with Crippen molar-refractivity contribution in [2.75, 3.05) is 24.5 Å². The standard InChI is InChI=1S/C17H19ClN4O/c1-11-10-20-6-7-22(11)17-21-15-9-13(18)8-14(16(15)23-17)12-2-4-19-5-3-12/h2-5,9,11,14,20H,6-8,10H2,1H3/t11-,14?/m0/s1. The predicted molar refractivity (Wildman–Crippen MR) is 90.7 cm³/mol. The molecule has 0 saturated carbocycles. The molecular weight excluding hydrogens is 312 g/mol. The molecule has 1 aliphatic carbocycles. The molecule has 1 saturated heterocycles. The first kappa shape index (κ1) is 14.7. The predicted octanol–water partition coefficient (Wildman–Crippen LogP) is 2.98. The van der Waals surface area contributed by atoms with E-state index in [0.29, 0.717) is 12.1 Å². The molecule has 1 N–H and O–H groups in total. The number of allylic oxidation sites excluding steroid dienone is 1. The van der Waals surface area contributed by atoms with Gasteiger partial charge in [-0.1, -0.05) is 11.6 Å². The molecule has 1 unspecified atom stereocenters. The van der Waals surface area contributed by atoms with Gasteiger partial charge in [0, 0.05) is 49.0 Å². The number of rotatable bonds is 2. The lowest BCUT2D eigenvalue weighted by molar-refractivity contribution is 0.423. The average molecular weight is 331 g/mol. The number of oxazole rings is 1. The largest absolute Gasteiger partial charge is 0.427 e. The summed E-state index contributed by atoms with van der Waals surface area (Å²) < 4.78 is 6.19. The maximum Gasteiger partial charge on any atom is 0.298 e. The van der Waals surface area contributed by atoms with Crippen LogP contribution in [0.5, 0.6) is 0 Å². The van der Waals surface area contributed by atoms with Crippen molar-refractivity contribution in [1.82, 2.24) is 15.3 Å². The lowest BCUT2D eigenvalue weighted by atomic mass is 9.89. The first-order valence-electron chi connectivity index (χ1n) is 7.96. The summed E-state index contributed by atoms with van der Waals surface area (Å²) in [4.78, 5) is 11.0. The summed E-state index contributed by atoms with van der Waals surface area (Å²) in [7, 11) is 0. The molecule has 120 valence electrons. The van der Waals surface area contributed by atoms with E-state index in [1.807, 2.05) is 18.2 Å². The molecule has 0 bridgehead atoms. The average Bonchev–Trinajstić information content (AvgIpc) is 2.99. The van der Waals surface area contributed by atoms with Crippen LogP contribution in [0.2, 0.25) is 0 Å². The summed E-state index contributed by atoms with van der Waals surface area (Å²) in [6, 6.07) is 5.09. The molecule has 0 spiro atoms. The van der Waals surface area contributed by atoms with Crippen LogP contribution in [-0.2, 0) is 0 Å². The van der Waals surface area contributed by atoms with E-state index in [0.717, 1.165) is 48.1 Å². The maximum absolute atomic E-state index is 6.35. The van der Waals surface area contributed by atoms with Gasteiger partial charge in [-0.2, -0.15) is 4.98 Å². The molecule has 1 fully saturated rings. The maximum atomic E-state index is 6.35. The van der Waals surface area contributed by atoms with Crippen LogP contribution in [0.3, 0.4) is 0 Å². The van der Waals surface area contributed by atoms with Crippen LogP contribution in [0.4, 0.5) is 6.01 Å². The molecule has 23 heavy (non-hydrogen) atoms. The number of pyridine rings is 1. The Morgan fingerprint density at radius 2 is 2.17 bits per heavy atom. The van der Waals surface area contributed by atoms with Gasteiger partial charge in [-0.3, -0.25) is 4.98 Å². The minimum absolute atomic E-state index is 0.102. The Morgan fingerprint density at radius 1 is 1.35 bits per heavy atom. The molecule has 2 aliphatic rings. The van der Waals surface area contributed by atoms with E-state index in [4.69, 9.17) is 21.0 Å². The van der Waals surface area contributed by atoms with Crippen LogP contribution in [0.15, 0.2) is 34.0 Å². The Kier molecular flexibility index (Phi) is 3.83. The second-order valence-electron chi connectivity index (χ2n) is 6.12. The number of nitrogens with one attached hydrogen (secondary N) is 1. The molecular formula is C17H19ClN4O. The van der Waals surface area contributed by atoms with Gasteiger partial charge in [0.15, 0.2) is 0 Å². The zero-order valence-corrected chi connectivity index (χ0v) is 13.8. The molecule has 6 heteroatoms. The van der Waals surface area contributed by atoms with Crippen LogP contribution in [-0.4, -0.2) is 35.6 Å². The quantitative estimate of drug-likeness (QED) is 0.917. The smallest absolute Gasteiger partial charge is 0.298 e. The normalized spacial score (nSPS) is 24.3. The SMILES string of the molecule is C[C@H]1CNCCN1c1nc2c(o1)C(c1ccncc1)CC(Cl)=C2. The monoisotopic (exact) mass is 330 g/mol. The van der Waals surface area contributed by atoms with Crippen molar-refractivity contribution in [2.24, 2.45) is 0 Å². The number of anilines is 1. The minimum Gasteiger partial charge on any atom is -0.427 e. The molecule has 2 atom stereocenters. The first-order valence-corrected chi connectivity index (χ1v) is 8.34. The number of hydrogen-bond donors (Lipinski definition) is 1. The highest BCUT2D eigenvalue weighted by Gasteiger charge is 2.31. The molecule has 4 rings (SSSR count). The van der Waals surface area contributed by atoms with E-state index >= 15 is 0 Å². The first-order chi connectivity index (χ1) is 11.2. The fourth-order valence-electron chi connectivity index (χ4n) is 3.29. The highest BCUT2D eigenvalue weighted by atomic mass is 35.5. The van der Waals surface area contributed by atoms with Gasteiger partial charge in [-0.15, -0.1) is 0 Å². The van der Waals surface area contributed by atoms with Crippen molar-refractivity contribution < 1.29 is 4.42 Å². The molecule has 3 heterocycles. The lowest BCUT2D eigenvalue weighted by Crippen LogP contribution is -2.50. The Balaban J connectivity index is 1.73. The third-order valence-corrected chi connectivity index (χ3v) is 4.80. The zero-order valence-electron chi connectivity index (χ0n) is 13.0. The fourth-order valence-corrected chi connectivity index (χ4v) is 3.55. The Labute approximate surface area is 140 Å². The number of halogens is 1. The summed E-state index contributed by atoms with van der Waals surface area (Å²) >= 11 is 6.35. The Hall–Kier alpha value is -1.85. The Bertz CT molecular complexity index is 727. The highest BCUT2D eigenvalue weighted by molar-refractivity contribution is 6.31. The van der Waals surface area contributed by atoms with Gasteiger partial charge >= 0.3 is 0 Å². The van der Waals surface area contributed by atoms with Crippen molar-refractivity contribution in [1.29, 1.82) is 0 Å². The molecule has 2 aromatic rings. The van der Waals surface area contributed by atoms with Gasteiger partial charge < -0.3 is 14.6 Å². The van der Waals surface area contributed by atoms with Gasteiger partial charge in [-0.25, -0.2) is 0 Å². The van der Waals surface area contributed by atoms with Crippen molar-refractivity contribution in [2.45, 2.75) is 25.3 Å². The molecule has 1 aliphatic heterocycles. The molecule has 2 aromatic heterocycles. The molecule has 0 radical (unpaired) electrons. The van der Waals surface area contributed by atoms with Crippen LogP contribution >= 0.6 is 11.6 Å². The molecule has 0 aromatic carbocycles. The fraction of sp³-hybridized carbons (Fsp3) is 0.412. The minimum atomic E-state index is 0.102. The second-order valence-corrected chi connectivity index (χ2v) is 6.61. The van der Waals surface area contributed by atoms with Crippen LogP contribution in [0.1, 0.15) is 36.3 Å². The van der Waals surface area contributed by atoms with E-state index in [1.165, 1.54) is 0 Å². The number of hydrogen-bond acceptors (Lipinski definition) is 5. The van der Waals surface area contributed by atoms with Gasteiger partial charge in [0.25, 0.3) is 6.01 Å². The number of fused-ring (bicyclic) bond motifs is 1. The van der Waals surface area contributed by atoms with Crippen LogP contribution in [0.25, 0.3) is 6.08 Å². The lowest BCUT2D eigenvalue weighted by Gasteiger charge is -2.32. The second kappa shape index (κ2) is 5.98. The number of nitrogens with zero attached hydrogens (tertiary/aromatic N) is 3. The number of aromatic nitrogens is 2. The summed E-state index contributed by atoms with van der Waals surface area (Å²) in [5.41, 5.74) is 2.01. The summed E-state index contributed by atoms with van der Waals surface area (Å²) in [6.07, 6.45) is 6.27. The summed E-state index contributed by atoms with van der Waals surface area (Å²) in [6.45, 7) is 4.97. The molecule has 5 nitrogen and oxygen atoms in total. The zero-order chi connectivity index (χ0) is 15.8. The Morgan fingerprint density at radius 3 is 2.96 bits per heavy atom. The topological polar surface area (TPSA) is 54.2 Å². The van der Waals surface area contributed by atoms with Gasteiger partial charge in [-0.05, 0) is 37.1 Å². The molecule has 0 amide bonds. The summed E-state index contributed by atoms with van der Waals surface area (Å²) in [5, 5.41) is 4.20. The van der Waals surface area contributed by atoms with Crippen molar-refractivity contribution >= 4 is 23.7 Å². The third-order valence-electron chi connectivity index (χ3n) is 4.53. The van der Waals surface area contributed by atoms with Crippen molar-refractivity contribution in [3.05, 3.63) is 46.6 Å². The van der Waals surface area contributed by atoms with Crippen LogP contribution < -0.4 is 10.2 Å². The van der Waals surface area contributed by atoms with Gasteiger partial charge in [0.2, 0.25) is 0 Å². The third kappa shape index (κ3) is 2.75. The van der Waals surface area contributed by atoms with Crippen molar-refractivity contribution in [3.8, 4) is 0 Å². The van der Waals surface area contributed by atoms with Crippen molar-refractivity contribution in [3.63, 3.8) is 0 Å². The van der Waals surface area contributed by atoms with E-state index in [-0.39, 0.29) is 5.92 Å². The van der Waals surface area contributed by atoms with E-state index in [2.05, 4.69) is 22.1 Å². The van der Waals surface area contributed by atoms with E-state index < -0.39 is 0 Å². The highest BCUT2D eigenvalue weighted by Crippen LogP contribution is 2.41.